The zero-order valence-corrected chi connectivity index (χ0v) is 19.8. The van der Waals surface area contributed by atoms with Crippen molar-refractivity contribution in [3.63, 3.8) is 0 Å². The number of amides is 2. The second-order valence-electron chi connectivity index (χ2n) is 8.13. The van der Waals surface area contributed by atoms with Gasteiger partial charge in [0.1, 0.15) is 11.2 Å². The summed E-state index contributed by atoms with van der Waals surface area (Å²) in [5.41, 5.74) is 2.71. The molecule has 0 aliphatic carbocycles. The Balaban J connectivity index is 1.62. The molecule has 0 saturated carbocycles. The van der Waals surface area contributed by atoms with Crippen LogP contribution in [-0.2, 0) is 16.0 Å². The van der Waals surface area contributed by atoms with Crippen molar-refractivity contribution in [3.8, 4) is 0 Å². The molecule has 0 radical (unpaired) electrons. The van der Waals surface area contributed by atoms with Gasteiger partial charge in [0, 0.05) is 23.9 Å². The number of carbonyl (C=O) groups excluding carboxylic acids is 2. The zero-order chi connectivity index (χ0) is 24.4. The van der Waals surface area contributed by atoms with Crippen LogP contribution in [0, 0.1) is 0 Å². The van der Waals surface area contributed by atoms with Gasteiger partial charge in [-0.05, 0) is 34.0 Å². The van der Waals surface area contributed by atoms with Gasteiger partial charge in [-0.15, -0.1) is 11.8 Å². The highest BCUT2D eigenvalue weighted by atomic mass is 32.2. The summed E-state index contributed by atoms with van der Waals surface area (Å²) >= 11 is 1.43. The van der Waals surface area contributed by atoms with Crippen molar-refractivity contribution in [2.24, 2.45) is 0 Å². The smallest absolute Gasteiger partial charge is 0.411 e. The molecule has 5 rings (SSSR count). The van der Waals surface area contributed by atoms with E-state index in [1.54, 1.807) is 10.6 Å². The van der Waals surface area contributed by atoms with Gasteiger partial charge in [0.25, 0.3) is 5.56 Å². The summed E-state index contributed by atoms with van der Waals surface area (Å²) in [6.45, 7) is 0. The highest BCUT2D eigenvalue weighted by molar-refractivity contribution is 7.99. The number of ether oxygens (including phenoxy) is 1. The third-order valence-corrected chi connectivity index (χ3v) is 7.26. The second kappa shape index (κ2) is 9.68. The molecule has 1 aromatic heterocycles. The maximum absolute atomic E-state index is 13.4. The number of pyridine rings is 1. The van der Waals surface area contributed by atoms with Gasteiger partial charge in [-0.1, -0.05) is 60.7 Å². The molecule has 2 heterocycles. The van der Waals surface area contributed by atoms with E-state index in [4.69, 9.17) is 4.74 Å². The fourth-order valence-electron chi connectivity index (χ4n) is 4.49. The van der Waals surface area contributed by atoms with Crippen LogP contribution in [0.1, 0.15) is 17.3 Å². The average Bonchev–Trinajstić information content (AvgIpc) is 3.33. The van der Waals surface area contributed by atoms with E-state index in [-0.39, 0.29) is 5.56 Å². The Morgan fingerprint density at radius 2 is 1.83 bits per heavy atom. The van der Waals surface area contributed by atoms with Crippen LogP contribution < -0.4 is 15.8 Å². The fraction of sp³-hybridized carbons (Fsp3) is 0.148. The third-order valence-electron chi connectivity index (χ3n) is 6.12. The molecule has 1 aliphatic rings. The van der Waals surface area contributed by atoms with Gasteiger partial charge in [0.05, 0.1) is 12.8 Å². The molecular weight excluding hydrogens is 462 g/mol. The van der Waals surface area contributed by atoms with Gasteiger partial charge in [-0.25, -0.2) is 4.79 Å². The Hall–Kier alpha value is -4.04. The third kappa shape index (κ3) is 4.28. The lowest BCUT2D eigenvalue weighted by Crippen LogP contribution is -2.37. The molecule has 0 saturated heterocycles. The number of aromatic nitrogens is 1. The molecule has 8 heteroatoms. The van der Waals surface area contributed by atoms with Crippen molar-refractivity contribution < 1.29 is 14.3 Å². The van der Waals surface area contributed by atoms with Crippen LogP contribution in [0.2, 0.25) is 0 Å². The molecule has 0 unspecified atom stereocenters. The first-order valence-electron chi connectivity index (χ1n) is 11.1. The maximum atomic E-state index is 13.4. The molecule has 1 atom stereocenters. The molecule has 7 nitrogen and oxygen atoms in total. The Morgan fingerprint density at radius 1 is 1.09 bits per heavy atom. The minimum Gasteiger partial charge on any atom is -0.453 e. The van der Waals surface area contributed by atoms with Crippen molar-refractivity contribution in [2.45, 2.75) is 17.6 Å². The molecule has 1 aliphatic heterocycles. The molecule has 0 spiro atoms. The van der Waals surface area contributed by atoms with Gasteiger partial charge in [-0.2, -0.15) is 0 Å². The van der Waals surface area contributed by atoms with E-state index in [0.29, 0.717) is 34.1 Å². The summed E-state index contributed by atoms with van der Waals surface area (Å²) < 4.78 is 6.44. The van der Waals surface area contributed by atoms with Gasteiger partial charge in [0.15, 0.2) is 0 Å². The highest BCUT2D eigenvalue weighted by Gasteiger charge is 2.33. The molecule has 176 valence electrons. The maximum Gasteiger partial charge on any atom is 0.411 e. The second-order valence-corrected chi connectivity index (χ2v) is 9.14. The number of thioether (sulfide) groups is 1. The quantitative estimate of drug-likeness (QED) is 0.387. The van der Waals surface area contributed by atoms with Crippen molar-refractivity contribution in [1.29, 1.82) is 0 Å². The van der Waals surface area contributed by atoms with E-state index in [1.807, 2.05) is 72.8 Å². The van der Waals surface area contributed by atoms with Crippen LogP contribution in [0.3, 0.4) is 0 Å². The van der Waals surface area contributed by atoms with Crippen molar-refractivity contribution >= 4 is 46.4 Å². The van der Waals surface area contributed by atoms with E-state index in [2.05, 4.69) is 5.32 Å². The van der Waals surface area contributed by atoms with Crippen LogP contribution in [-0.4, -0.2) is 29.9 Å². The first-order chi connectivity index (χ1) is 17.1. The number of nitrogens with zero attached hydrogens (tertiary/aromatic N) is 2. The number of nitrogens with one attached hydrogen (secondary N) is 1. The minimum absolute atomic E-state index is 0.233. The van der Waals surface area contributed by atoms with Gasteiger partial charge < -0.3 is 4.74 Å². The predicted molar refractivity (Wildman–Crippen MR) is 138 cm³/mol. The molecular formula is C27H23N3O4S. The van der Waals surface area contributed by atoms with Crippen molar-refractivity contribution in [2.75, 3.05) is 23.1 Å². The number of hydrogen-bond acceptors (Lipinski definition) is 5. The minimum atomic E-state index is -0.620. The standard InChI is InChI=1S/C27H23N3O4S/c1-34-27(33)28-25-20(14-19-10-7-9-18-8-5-6-13-22(18)19)15-24(32)30-23(16-35-26(25)30)29(17-31)21-11-3-2-4-12-21/h2-13,15,17,23H,14,16H2,1H3,(H,28,33)/t23-/m1/s1. The average molecular weight is 486 g/mol. The van der Waals surface area contributed by atoms with Crippen LogP contribution in [0.5, 0.6) is 0 Å². The number of carbonyl (C=O) groups is 2. The lowest BCUT2D eigenvalue weighted by Gasteiger charge is -2.26. The lowest BCUT2D eigenvalue weighted by atomic mass is 9.98. The zero-order valence-electron chi connectivity index (χ0n) is 19.0. The first-order valence-corrected chi connectivity index (χ1v) is 12.1. The number of para-hydroxylation sites is 1. The van der Waals surface area contributed by atoms with Gasteiger partial charge >= 0.3 is 6.09 Å². The molecule has 0 fully saturated rings. The monoisotopic (exact) mass is 485 g/mol. The summed E-state index contributed by atoms with van der Waals surface area (Å²) in [5.74, 6) is 0.469. The number of rotatable bonds is 6. The first kappa shape index (κ1) is 22.7. The van der Waals surface area contributed by atoms with Crippen molar-refractivity contribution in [1.82, 2.24) is 4.57 Å². The summed E-state index contributed by atoms with van der Waals surface area (Å²) in [7, 11) is 1.30. The van der Waals surface area contributed by atoms with E-state index in [1.165, 1.54) is 23.8 Å². The topological polar surface area (TPSA) is 80.6 Å². The van der Waals surface area contributed by atoms with Gasteiger partial charge in [0.2, 0.25) is 6.41 Å². The van der Waals surface area contributed by atoms with Crippen LogP contribution in [0.15, 0.2) is 88.7 Å². The van der Waals surface area contributed by atoms with E-state index < -0.39 is 12.3 Å². The highest BCUT2D eigenvalue weighted by Crippen LogP contribution is 2.41. The predicted octanol–water partition coefficient (Wildman–Crippen LogP) is 5.04. The molecule has 4 aromatic rings. The van der Waals surface area contributed by atoms with Gasteiger partial charge in [-0.3, -0.25) is 24.4 Å². The molecule has 35 heavy (non-hydrogen) atoms. The summed E-state index contributed by atoms with van der Waals surface area (Å²) in [4.78, 5) is 39.3. The summed E-state index contributed by atoms with van der Waals surface area (Å²) in [5, 5.41) is 5.61. The molecule has 1 N–H and O–H groups in total. The number of methoxy groups -OCH3 is 1. The Morgan fingerprint density at radius 3 is 2.60 bits per heavy atom. The Bertz CT molecular complexity index is 1460. The normalized spacial score (nSPS) is 14.4. The van der Waals surface area contributed by atoms with Crippen LogP contribution in [0.4, 0.5) is 16.2 Å². The van der Waals surface area contributed by atoms with E-state index in [0.717, 1.165) is 22.7 Å². The van der Waals surface area contributed by atoms with Crippen LogP contribution in [0.25, 0.3) is 10.8 Å². The molecule has 0 bridgehead atoms. The number of benzene rings is 3. The number of anilines is 2. The number of hydrogen-bond donors (Lipinski definition) is 1. The fourth-order valence-corrected chi connectivity index (χ4v) is 5.78. The summed E-state index contributed by atoms with van der Waals surface area (Å²) in [6.07, 6.45) is 0.0436. The summed E-state index contributed by atoms with van der Waals surface area (Å²) in [6, 6.07) is 24.9. The largest absolute Gasteiger partial charge is 0.453 e. The Labute approximate surface area is 206 Å². The number of fused-ring (bicyclic) bond motifs is 2. The SMILES string of the molecule is COC(=O)Nc1c(Cc2cccc3ccccc23)cc(=O)n2c1SC[C@@H]2N(C=O)c1ccccc1. The molecule has 2 amide bonds. The van der Waals surface area contributed by atoms with E-state index in [9.17, 15) is 14.4 Å². The Kier molecular flexibility index (Phi) is 6.29. The molecule has 3 aromatic carbocycles. The van der Waals surface area contributed by atoms with E-state index >= 15 is 0 Å². The lowest BCUT2D eigenvalue weighted by molar-refractivity contribution is -0.108. The van der Waals surface area contributed by atoms with Crippen LogP contribution >= 0.6 is 11.8 Å². The van der Waals surface area contributed by atoms with Crippen molar-refractivity contribution in [3.05, 3.63) is 100 Å².